The van der Waals surface area contributed by atoms with Gasteiger partial charge < -0.3 is 19.2 Å². The van der Waals surface area contributed by atoms with Crippen LogP contribution in [0.25, 0.3) is 0 Å². The Kier molecular flexibility index (Phi) is 5.81. The highest BCUT2D eigenvalue weighted by atomic mass is 32.2. The lowest BCUT2D eigenvalue weighted by Crippen LogP contribution is -2.15. The van der Waals surface area contributed by atoms with Gasteiger partial charge in [0.2, 0.25) is 0 Å². The highest BCUT2D eigenvalue weighted by Crippen LogP contribution is 2.32. The number of esters is 1. The Balaban J connectivity index is 2.41. The molecule has 26 heavy (non-hydrogen) atoms. The minimum Gasteiger partial charge on any atom is -0.493 e. The molecule has 9 heteroatoms. The number of nitrogens with one attached hydrogen (secondary N) is 2. The molecule has 0 atom stereocenters. The van der Waals surface area contributed by atoms with Crippen molar-refractivity contribution in [2.24, 2.45) is 0 Å². The van der Waals surface area contributed by atoms with Gasteiger partial charge in [-0.3, -0.25) is 4.72 Å². The van der Waals surface area contributed by atoms with Gasteiger partial charge in [0.05, 0.1) is 26.5 Å². The molecule has 1 aromatic carbocycles. The van der Waals surface area contributed by atoms with Crippen molar-refractivity contribution in [1.29, 1.82) is 0 Å². The maximum absolute atomic E-state index is 12.8. The number of rotatable bonds is 7. The quantitative estimate of drug-likeness (QED) is 0.713. The number of hydrogen-bond donors (Lipinski definition) is 2. The second kappa shape index (κ2) is 7.69. The Morgan fingerprint density at radius 3 is 2.38 bits per heavy atom. The summed E-state index contributed by atoms with van der Waals surface area (Å²) >= 11 is 0. The van der Waals surface area contributed by atoms with Crippen molar-refractivity contribution < 1.29 is 27.4 Å². The zero-order valence-electron chi connectivity index (χ0n) is 15.3. The first-order valence-corrected chi connectivity index (χ1v) is 9.34. The topological polar surface area (TPSA) is 107 Å². The molecule has 2 aromatic rings. The van der Waals surface area contributed by atoms with E-state index in [9.17, 15) is 13.2 Å². The van der Waals surface area contributed by atoms with Gasteiger partial charge in [-0.05, 0) is 32.9 Å². The van der Waals surface area contributed by atoms with E-state index >= 15 is 0 Å². The number of hydrogen-bond acceptors (Lipinski definition) is 6. The van der Waals surface area contributed by atoms with E-state index in [-0.39, 0.29) is 17.2 Å². The summed E-state index contributed by atoms with van der Waals surface area (Å²) in [7, 11) is -0.981. The average molecular weight is 382 g/mol. The number of aromatic amines is 1. The highest BCUT2D eigenvalue weighted by Gasteiger charge is 2.27. The van der Waals surface area contributed by atoms with Crippen molar-refractivity contribution in [2.75, 3.05) is 25.5 Å². The number of methoxy groups -OCH3 is 2. The second-order valence-electron chi connectivity index (χ2n) is 5.47. The third kappa shape index (κ3) is 3.77. The predicted molar refractivity (Wildman–Crippen MR) is 96.6 cm³/mol. The molecular weight excluding hydrogens is 360 g/mol. The molecule has 2 rings (SSSR count). The van der Waals surface area contributed by atoms with E-state index in [1.807, 2.05) is 0 Å². The molecule has 0 saturated carbocycles. The van der Waals surface area contributed by atoms with Gasteiger partial charge in [0, 0.05) is 17.3 Å². The molecule has 0 unspecified atom stereocenters. The fourth-order valence-corrected chi connectivity index (χ4v) is 4.15. The molecule has 0 amide bonds. The summed E-state index contributed by atoms with van der Waals surface area (Å²) < 4.78 is 43.4. The minimum atomic E-state index is -3.93. The first-order chi connectivity index (χ1) is 12.2. The van der Waals surface area contributed by atoms with Crippen molar-refractivity contribution in [3.8, 4) is 11.5 Å². The normalized spacial score (nSPS) is 11.1. The number of ether oxygens (including phenoxy) is 3. The number of aryl methyl sites for hydroxylation is 1. The SMILES string of the molecule is CCOC(=O)c1[nH]c(C)c(S(=O)(=O)Nc2ccc(OC)c(OC)c2)c1C. The number of anilines is 1. The summed E-state index contributed by atoms with van der Waals surface area (Å²) in [6.45, 7) is 5.01. The lowest BCUT2D eigenvalue weighted by atomic mass is 10.2. The third-order valence-electron chi connectivity index (χ3n) is 3.75. The fourth-order valence-electron chi connectivity index (χ4n) is 2.65. The third-order valence-corrected chi connectivity index (χ3v) is 5.41. The smallest absolute Gasteiger partial charge is 0.355 e. The largest absolute Gasteiger partial charge is 0.493 e. The van der Waals surface area contributed by atoms with E-state index in [4.69, 9.17) is 14.2 Å². The molecule has 1 heterocycles. The Bertz CT molecular complexity index is 918. The standard InChI is InChI=1S/C17H22N2O6S/c1-6-25-17(20)15-10(2)16(11(3)18-15)26(21,22)19-12-7-8-13(23-4)14(9-12)24-5/h7-9,18-19H,6H2,1-5H3. The molecule has 1 aromatic heterocycles. The van der Waals surface area contributed by atoms with Crippen LogP contribution in [0.1, 0.15) is 28.7 Å². The van der Waals surface area contributed by atoms with Crippen LogP contribution in [0.15, 0.2) is 23.1 Å². The van der Waals surface area contributed by atoms with Crippen molar-refractivity contribution in [2.45, 2.75) is 25.7 Å². The van der Waals surface area contributed by atoms with Gasteiger partial charge in [-0.25, -0.2) is 13.2 Å². The van der Waals surface area contributed by atoms with Crippen LogP contribution in [0.4, 0.5) is 5.69 Å². The van der Waals surface area contributed by atoms with Crippen molar-refractivity contribution >= 4 is 21.7 Å². The van der Waals surface area contributed by atoms with Crippen LogP contribution in [0.5, 0.6) is 11.5 Å². The monoisotopic (exact) mass is 382 g/mol. The molecule has 0 spiro atoms. The molecule has 0 fully saturated rings. The van der Waals surface area contributed by atoms with E-state index in [1.54, 1.807) is 32.9 Å². The van der Waals surface area contributed by atoms with Gasteiger partial charge in [-0.2, -0.15) is 0 Å². The summed E-state index contributed by atoms with van der Waals surface area (Å²) in [5.41, 5.74) is 1.07. The van der Waals surface area contributed by atoms with E-state index < -0.39 is 16.0 Å². The van der Waals surface area contributed by atoms with Crippen LogP contribution in [-0.4, -0.2) is 40.2 Å². The summed E-state index contributed by atoms with van der Waals surface area (Å²) in [5, 5.41) is 0. The van der Waals surface area contributed by atoms with Crippen LogP contribution in [0, 0.1) is 13.8 Å². The maximum Gasteiger partial charge on any atom is 0.355 e. The molecule has 0 aliphatic rings. The van der Waals surface area contributed by atoms with Gasteiger partial charge in [-0.15, -0.1) is 0 Å². The lowest BCUT2D eigenvalue weighted by molar-refractivity contribution is 0.0519. The first kappa shape index (κ1) is 19.6. The van der Waals surface area contributed by atoms with E-state index in [0.29, 0.717) is 28.4 Å². The Hall–Kier alpha value is -2.68. The van der Waals surface area contributed by atoms with Crippen LogP contribution >= 0.6 is 0 Å². The molecule has 8 nitrogen and oxygen atoms in total. The molecule has 0 aliphatic carbocycles. The van der Waals surface area contributed by atoms with E-state index in [1.165, 1.54) is 20.3 Å². The van der Waals surface area contributed by atoms with E-state index in [2.05, 4.69) is 9.71 Å². The number of carbonyl (C=O) groups excluding carboxylic acids is 1. The van der Waals surface area contributed by atoms with Crippen LogP contribution in [0.3, 0.4) is 0 Å². The zero-order chi connectivity index (χ0) is 19.5. The lowest BCUT2D eigenvalue weighted by Gasteiger charge is -2.12. The number of H-pyrrole nitrogens is 1. The zero-order valence-corrected chi connectivity index (χ0v) is 16.1. The molecule has 0 bridgehead atoms. The average Bonchev–Trinajstić information content (AvgIpc) is 2.89. The summed E-state index contributed by atoms with van der Waals surface area (Å²) in [5.74, 6) is 0.275. The van der Waals surface area contributed by atoms with Gasteiger partial charge in [0.15, 0.2) is 11.5 Å². The number of carbonyl (C=O) groups is 1. The minimum absolute atomic E-state index is 0.00957. The van der Waals surface area contributed by atoms with Crippen LogP contribution in [-0.2, 0) is 14.8 Å². The van der Waals surface area contributed by atoms with E-state index in [0.717, 1.165) is 0 Å². The van der Waals surface area contributed by atoms with Crippen molar-refractivity contribution in [3.05, 3.63) is 35.2 Å². The molecule has 0 radical (unpaired) electrons. The highest BCUT2D eigenvalue weighted by molar-refractivity contribution is 7.92. The molecule has 2 N–H and O–H groups in total. The predicted octanol–water partition coefficient (Wildman–Crippen LogP) is 2.63. The second-order valence-corrected chi connectivity index (χ2v) is 7.09. The molecule has 0 saturated heterocycles. The maximum atomic E-state index is 12.8. The molecular formula is C17H22N2O6S. The first-order valence-electron chi connectivity index (χ1n) is 7.86. The molecule has 0 aliphatic heterocycles. The Morgan fingerprint density at radius 2 is 1.81 bits per heavy atom. The van der Waals surface area contributed by atoms with Gasteiger partial charge in [-0.1, -0.05) is 0 Å². The summed E-state index contributed by atoms with van der Waals surface area (Å²) in [6, 6.07) is 4.67. The van der Waals surface area contributed by atoms with Gasteiger partial charge >= 0.3 is 5.97 Å². The van der Waals surface area contributed by atoms with Gasteiger partial charge in [0.25, 0.3) is 10.0 Å². The summed E-state index contributed by atoms with van der Waals surface area (Å²) in [6.07, 6.45) is 0. The fraction of sp³-hybridized carbons (Fsp3) is 0.353. The molecule has 142 valence electrons. The van der Waals surface area contributed by atoms with Crippen molar-refractivity contribution in [3.63, 3.8) is 0 Å². The van der Waals surface area contributed by atoms with Gasteiger partial charge in [0.1, 0.15) is 10.6 Å². The number of sulfonamides is 1. The number of benzene rings is 1. The Labute approximate surface area is 152 Å². The number of aromatic nitrogens is 1. The summed E-state index contributed by atoms with van der Waals surface area (Å²) in [4.78, 5) is 14.8. The Morgan fingerprint density at radius 1 is 1.15 bits per heavy atom. The van der Waals surface area contributed by atoms with Crippen LogP contribution in [0.2, 0.25) is 0 Å². The van der Waals surface area contributed by atoms with Crippen LogP contribution < -0.4 is 14.2 Å². The van der Waals surface area contributed by atoms with Crippen molar-refractivity contribution in [1.82, 2.24) is 4.98 Å².